The zero-order chi connectivity index (χ0) is 13.2. The molecule has 0 aromatic heterocycles. The minimum absolute atomic E-state index is 0.0320. The number of hydrogen-bond donors (Lipinski definition) is 1. The summed E-state index contributed by atoms with van der Waals surface area (Å²) in [5.74, 6) is 0.293. The van der Waals surface area contributed by atoms with Gasteiger partial charge in [0.2, 0.25) is 5.91 Å². The number of carbonyl (C=O) groups is 1. The predicted octanol–water partition coefficient (Wildman–Crippen LogP) is 2.10. The van der Waals surface area contributed by atoms with Gasteiger partial charge in [-0.25, -0.2) is 0 Å². The normalized spacial score (nSPS) is 26.9. The Morgan fingerprint density at radius 3 is 2.84 bits per heavy atom. The second-order valence-corrected chi connectivity index (χ2v) is 5.78. The van der Waals surface area contributed by atoms with E-state index in [9.17, 15) is 4.79 Å². The van der Waals surface area contributed by atoms with Crippen molar-refractivity contribution in [2.45, 2.75) is 51.2 Å². The lowest BCUT2D eigenvalue weighted by Gasteiger charge is -2.37. The van der Waals surface area contributed by atoms with Crippen molar-refractivity contribution in [1.29, 1.82) is 0 Å². The molecule has 3 rings (SSSR count). The van der Waals surface area contributed by atoms with E-state index in [1.165, 1.54) is 17.5 Å². The van der Waals surface area contributed by atoms with Crippen molar-refractivity contribution in [3.8, 4) is 0 Å². The van der Waals surface area contributed by atoms with E-state index in [4.69, 9.17) is 0 Å². The summed E-state index contributed by atoms with van der Waals surface area (Å²) >= 11 is 0. The second-order valence-electron chi connectivity index (χ2n) is 5.78. The minimum Gasteiger partial charge on any atom is -0.339 e. The third-order valence-electron chi connectivity index (χ3n) is 4.47. The maximum Gasteiger partial charge on any atom is 0.240 e. The average molecular weight is 258 g/mol. The lowest BCUT2D eigenvalue weighted by Crippen LogP contribution is -2.53. The molecule has 19 heavy (non-hydrogen) atoms. The molecule has 102 valence electrons. The molecule has 0 bridgehead atoms. The van der Waals surface area contributed by atoms with E-state index in [1.807, 2.05) is 0 Å². The monoisotopic (exact) mass is 258 g/mol. The maximum absolute atomic E-state index is 12.6. The number of nitrogens with zero attached hydrogens (tertiary/aromatic N) is 1. The van der Waals surface area contributed by atoms with Gasteiger partial charge in [0.1, 0.15) is 0 Å². The molecule has 1 saturated heterocycles. The van der Waals surface area contributed by atoms with Crippen molar-refractivity contribution in [3.05, 3.63) is 35.4 Å². The minimum atomic E-state index is -0.0320. The fourth-order valence-electron chi connectivity index (χ4n) is 3.25. The molecule has 3 nitrogen and oxygen atoms in total. The number of piperidine rings is 1. The zero-order valence-electron chi connectivity index (χ0n) is 11.6. The molecule has 1 aromatic carbocycles. The Morgan fingerprint density at radius 1 is 1.26 bits per heavy atom. The molecule has 0 radical (unpaired) electrons. The van der Waals surface area contributed by atoms with Gasteiger partial charge in [-0.3, -0.25) is 4.79 Å². The van der Waals surface area contributed by atoms with Crippen molar-refractivity contribution in [1.82, 2.24) is 10.2 Å². The van der Waals surface area contributed by atoms with Crippen LogP contribution in [0.4, 0.5) is 0 Å². The highest BCUT2D eigenvalue weighted by atomic mass is 16.2. The Labute approximate surface area is 115 Å². The van der Waals surface area contributed by atoms with Crippen LogP contribution in [-0.4, -0.2) is 29.4 Å². The number of carbonyl (C=O) groups excluding carboxylic acids is 1. The predicted molar refractivity (Wildman–Crippen MR) is 75.8 cm³/mol. The molecule has 0 saturated carbocycles. The van der Waals surface area contributed by atoms with Crippen LogP contribution in [0.25, 0.3) is 0 Å². The number of nitrogens with one attached hydrogen (secondary N) is 1. The van der Waals surface area contributed by atoms with E-state index in [0.717, 1.165) is 32.4 Å². The number of likely N-dealkylation sites (tertiary alicyclic amines) is 1. The van der Waals surface area contributed by atoms with Crippen LogP contribution in [0, 0.1) is 0 Å². The fourth-order valence-corrected chi connectivity index (χ4v) is 3.25. The first-order valence-corrected chi connectivity index (χ1v) is 7.36. The van der Waals surface area contributed by atoms with E-state index in [0.29, 0.717) is 11.9 Å². The highest BCUT2D eigenvalue weighted by Gasteiger charge is 2.31. The molecule has 2 aliphatic rings. The molecule has 1 aromatic rings. The summed E-state index contributed by atoms with van der Waals surface area (Å²) in [6, 6.07) is 8.79. The first-order chi connectivity index (χ1) is 9.25. The van der Waals surface area contributed by atoms with Crippen molar-refractivity contribution in [3.63, 3.8) is 0 Å². The van der Waals surface area contributed by atoms with Crippen molar-refractivity contribution < 1.29 is 4.79 Å². The molecule has 0 spiro atoms. The second kappa shape index (κ2) is 5.33. The standard InChI is InChI=1S/C16H22N2O/c1-12-6-4-5-9-18(12)16(19)15-10-13-7-2-3-8-14(13)11-17-15/h2-3,7-8,12,15,17H,4-6,9-11H2,1H3. The van der Waals surface area contributed by atoms with Crippen LogP contribution >= 0.6 is 0 Å². The summed E-state index contributed by atoms with van der Waals surface area (Å²) in [6.07, 6.45) is 4.39. The molecule has 2 unspecified atom stereocenters. The van der Waals surface area contributed by atoms with Gasteiger partial charge in [-0.15, -0.1) is 0 Å². The Balaban J connectivity index is 1.72. The SMILES string of the molecule is CC1CCCCN1C(=O)C1Cc2ccccc2CN1. The van der Waals surface area contributed by atoms with Crippen LogP contribution in [-0.2, 0) is 17.8 Å². The Bertz CT molecular complexity index is 472. The average Bonchev–Trinajstić information content (AvgIpc) is 2.46. The van der Waals surface area contributed by atoms with Crippen LogP contribution in [0.2, 0.25) is 0 Å². The van der Waals surface area contributed by atoms with Gasteiger partial charge in [0, 0.05) is 19.1 Å². The van der Waals surface area contributed by atoms with Gasteiger partial charge in [0.25, 0.3) is 0 Å². The lowest BCUT2D eigenvalue weighted by molar-refractivity contribution is -0.136. The quantitative estimate of drug-likeness (QED) is 0.836. The first-order valence-electron chi connectivity index (χ1n) is 7.36. The fraction of sp³-hybridized carbons (Fsp3) is 0.562. The van der Waals surface area contributed by atoms with E-state index >= 15 is 0 Å². The van der Waals surface area contributed by atoms with Gasteiger partial charge in [-0.05, 0) is 43.7 Å². The number of fused-ring (bicyclic) bond motifs is 1. The molecule has 1 fully saturated rings. The van der Waals surface area contributed by atoms with Crippen LogP contribution < -0.4 is 5.32 Å². The maximum atomic E-state index is 12.6. The van der Waals surface area contributed by atoms with Gasteiger partial charge < -0.3 is 10.2 Å². The first kappa shape index (κ1) is 12.7. The molecular weight excluding hydrogens is 236 g/mol. The molecule has 1 N–H and O–H groups in total. The highest BCUT2D eigenvalue weighted by molar-refractivity contribution is 5.83. The summed E-state index contributed by atoms with van der Waals surface area (Å²) in [4.78, 5) is 14.7. The van der Waals surface area contributed by atoms with Crippen LogP contribution in [0.5, 0.6) is 0 Å². The van der Waals surface area contributed by atoms with Crippen LogP contribution in [0.15, 0.2) is 24.3 Å². The number of rotatable bonds is 1. The Hall–Kier alpha value is -1.35. The Kier molecular flexibility index (Phi) is 3.56. The molecule has 2 heterocycles. The van der Waals surface area contributed by atoms with E-state index < -0.39 is 0 Å². The summed E-state index contributed by atoms with van der Waals surface area (Å²) < 4.78 is 0. The topological polar surface area (TPSA) is 32.3 Å². The van der Waals surface area contributed by atoms with Crippen molar-refractivity contribution in [2.24, 2.45) is 0 Å². The molecule has 3 heteroatoms. The smallest absolute Gasteiger partial charge is 0.240 e. The summed E-state index contributed by atoms with van der Waals surface area (Å²) in [5.41, 5.74) is 2.66. The van der Waals surface area contributed by atoms with Crippen LogP contribution in [0.3, 0.4) is 0 Å². The van der Waals surface area contributed by atoms with Crippen LogP contribution in [0.1, 0.15) is 37.3 Å². The molecule has 2 atom stereocenters. The van der Waals surface area contributed by atoms with Gasteiger partial charge in [-0.1, -0.05) is 24.3 Å². The summed E-state index contributed by atoms with van der Waals surface area (Å²) in [6.45, 7) is 3.92. The van der Waals surface area contributed by atoms with Crippen molar-refractivity contribution in [2.75, 3.05) is 6.54 Å². The zero-order valence-corrected chi connectivity index (χ0v) is 11.6. The van der Waals surface area contributed by atoms with Gasteiger partial charge >= 0.3 is 0 Å². The number of hydrogen-bond acceptors (Lipinski definition) is 2. The van der Waals surface area contributed by atoms with E-state index in [1.54, 1.807) is 0 Å². The third-order valence-corrected chi connectivity index (χ3v) is 4.47. The highest BCUT2D eigenvalue weighted by Crippen LogP contribution is 2.21. The van der Waals surface area contributed by atoms with Gasteiger partial charge in [0.15, 0.2) is 0 Å². The van der Waals surface area contributed by atoms with E-state index in [2.05, 4.69) is 41.4 Å². The molecule has 0 aliphatic carbocycles. The largest absolute Gasteiger partial charge is 0.339 e. The Morgan fingerprint density at radius 2 is 2.05 bits per heavy atom. The molecule has 1 amide bonds. The van der Waals surface area contributed by atoms with Gasteiger partial charge in [0.05, 0.1) is 6.04 Å². The van der Waals surface area contributed by atoms with Crippen molar-refractivity contribution >= 4 is 5.91 Å². The number of amides is 1. The summed E-state index contributed by atoms with van der Waals surface area (Å²) in [7, 11) is 0. The molecule has 2 aliphatic heterocycles. The number of benzene rings is 1. The van der Waals surface area contributed by atoms with Gasteiger partial charge in [-0.2, -0.15) is 0 Å². The van der Waals surface area contributed by atoms with E-state index in [-0.39, 0.29) is 6.04 Å². The third kappa shape index (κ3) is 2.52. The summed E-state index contributed by atoms with van der Waals surface area (Å²) in [5, 5.41) is 3.40. The molecular formula is C16H22N2O. The lowest BCUT2D eigenvalue weighted by atomic mass is 9.94.